The molecule has 63 heavy (non-hydrogen) atoms. The molecule has 0 saturated heterocycles. The number of hydrogen-bond acceptors (Lipinski definition) is 6. The van der Waals surface area contributed by atoms with Gasteiger partial charge in [0.15, 0.2) is 43.0 Å². The zero-order chi connectivity index (χ0) is 42.0. The Morgan fingerprint density at radius 1 is 0.238 bits per heavy atom. The molecule has 3 heterocycles. The summed E-state index contributed by atoms with van der Waals surface area (Å²) in [7, 11) is -3.17. The van der Waals surface area contributed by atoms with Gasteiger partial charge in [-0.05, 0) is 31.9 Å². The van der Waals surface area contributed by atoms with Crippen LogP contribution in [-0.2, 0) is 0 Å². The van der Waals surface area contributed by atoms with Crippen molar-refractivity contribution in [2.45, 2.75) is 0 Å². The number of aromatic nitrogens is 6. The van der Waals surface area contributed by atoms with Crippen LogP contribution < -0.4 is 20.7 Å². The van der Waals surface area contributed by atoms with Gasteiger partial charge in [0.05, 0.1) is 0 Å². The van der Waals surface area contributed by atoms with Crippen molar-refractivity contribution in [3.63, 3.8) is 0 Å². The second-order valence-electron chi connectivity index (χ2n) is 15.5. The van der Waals surface area contributed by atoms with E-state index in [4.69, 9.17) is 29.9 Å². The van der Waals surface area contributed by atoms with Crippen LogP contribution in [0.5, 0.6) is 0 Å². The van der Waals surface area contributed by atoms with Gasteiger partial charge in [0.25, 0.3) is 0 Å². The fraction of sp³-hybridized carbons (Fsp3) is 0. The molecule has 0 saturated carbocycles. The van der Waals surface area contributed by atoms with E-state index in [-0.39, 0.29) is 0 Å². The van der Waals surface area contributed by atoms with Crippen molar-refractivity contribution >= 4 is 41.0 Å². The minimum absolute atomic E-state index is 0.615. The molecule has 296 valence electrons. The van der Waals surface area contributed by atoms with Gasteiger partial charge in [0, 0.05) is 33.4 Å². The van der Waals surface area contributed by atoms with E-state index in [0.717, 1.165) is 44.5 Å². The summed E-state index contributed by atoms with van der Waals surface area (Å²) in [5, 5.41) is 4.98. The van der Waals surface area contributed by atoms with Crippen molar-refractivity contribution < 1.29 is 0 Å². The molecule has 0 spiro atoms. The van der Waals surface area contributed by atoms with Crippen LogP contribution in [0.4, 0.5) is 0 Å². The molecule has 0 fully saturated rings. The Balaban J connectivity index is 1.17. The Kier molecular flexibility index (Phi) is 9.76. The van der Waals surface area contributed by atoms with Gasteiger partial charge in [-0.2, -0.15) is 0 Å². The number of benzene rings is 8. The Morgan fingerprint density at radius 2 is 0.492 bits per heavy atom. The van der Waals surface area contributed by atoms with Crippen molar-refractivity contribution in [2.75, 3.05) is 0 Å². The molecule has 11 rings (SSSR count). The van der Waals surface area contributed by atoms with Gasteiger partial charge in [0.2, 0.25) is 0 Å². The van der Waals surface area contributed by atoms with E-state index in [1.807, 2.05) is 121 Å². The Labute approximate surface area is 367 Å². The molecule has 10 aromatic rings. The highest BCUT2D eigenvalue weighted by Crippen LogP contribution is 2.30. The lowest BCUT2D eigenvalue weighted by atomic mass is 10.1. The smallest absolute Gasteiger partial charge is 0.180 e. The minimum Gasteiger partial charge on any atom is -0.208 e. The predicted molar refractivity (Wildman–Crippen MR) is 258 cm³/mol. The first-order valence-electron chi connectivity index (χ1n) is 21.0. The largest absolute Gasteiger partial charge is 0.208 e. The average molecular weight is 823 g/mol. The fourth-order valence-corrected chi connectivity index (χ4v) is 13.9. The molecule has 8 aromatic carbocycles. The molecule has 2 aromatic heterocycles. The summed E-state index contributed by atoms with van der Waals surface area (Å²) in [6, 6.07) is 76.0. The lowest BCUT2D eigenvalue weighted by Gasteiger charge is -2.36. The van der Waals surface area contributed by atoms with Crippen LogP contribution in [0.25, 0.3) is 80.5 Å². The van der Waals surface area contributed by atoms with E-state index in [1.165, 1.54) is 20.7 Å². The highest BCUT2D eigenvalue weighted by Gasteiger charge is 2.45. The number of rotatable bonds is 8. The summed E-state index contributed by atoms with van der Waals surface area (Å²) < 4.78 is 0. The predicted octanol–water partition coefficient (Wildman–Crippen LogP) is 9.92. The first-order valence-corrected chi connectivity index (χ1v) is 23.0. The van der Waals surface area contributed by atoms with Gasteiger partial charge in [0.1, 0.15) is 0 Å². The molecule has 1 aliphatic heterocycles. The molecule has 0 aliphatic carbocycles. The quantitative estimate of drug-likeness (QED) is 0.142. The van der Waals surface area contributed by atoms with Crippen LogP contribution in [0.15, 0.2) is 218 Å². The van der Waals surface area contributed by atoms with Crippen molar-refractivity contribution in [3.05, 3.63) is 230 Å². The summed E-state index contributed by atoms with van der Waals surface area (Å²) in [4.78, 5) is 30.7. The molecule has 0 unspecified atom stereocenters. The fourth-order valence-electron chi connectivity index (χ4n) is 8.70. The SMILES string of the molecule is C1=Cc2ccc(-c3nc(-c4ccccc4)nc(-c4ccccc4)n3)cc2[Si](c2ccccc2)(c2ccccc2)c2cc(-c3nc(-c4ccccc4)nc(-c4ccccc4)n3)ccc21. The summed E-state index contributed by atoms with van der Waals surface area (Å²) in [5.41, 5.74) is 7.85. The summed E-state index contributed by atoms with van der Waals surface area (Å²) >= 11 is 0. The van der Waals surface area contributed by atoms with E-state index in [9.17, 15) is 0 Å². The maximum atomic E-state index is 5.18. The third kappa shape index (κ3) is 7.06. The maximum absolute atomic E-state index is 5.18. The summed E-state index contributed by atoms with van der Waals surface area (Å²) in [5.74, 6) is 3.73. The lowest BCUT2D eigenvalue weighted by Crippen LogP contribution is -2.75. The van der Waals surface area contributed by atoms with Crippen LogP contribution >= 0.6 is 0 Å². The zero-order valence-corrected chi connectivity index (χ0v) is 35.1. The molecule has 0 bridgehead atoms. The Bertz CT molecular complexity index is 2920. The van der Waals surface area contributed by atoms with Gasteiger partial charge in [-0.15, -0.1) is 0 Å². The van der Waals surface area contributed by atoms with E-state index in [2.05, 4.69) is 109 Å². The summed E-state index contributed by atoms with van der Waals surface area (Å²) in [6.45, 7) is 0. The van der Waals surface area contributed by atoms with Gasteiger partial charge >= 0.3 is 0 Å². The standard InChI is InChI=1S/C56H38N6Si/c1-7-19-41(20-8-1)51-57-52(42-21-9-2-10-22-42)60-55(59-51)45-35-33-39-31-32-40-34-36-46(56-61-53(43-23-11-3-12-24-43)58-54(62-56)44-25-13-4-14-26-44)38-50(40)63(49(39)37-45,47-27-15-5-16-28-47)48-29-17-6-18-30-48/h1-38H. The third-order valence-corrected chi connectivity index (χ3v) is 16.6. The van der Waals surface area contributed by atoms with Crippen LogP contribution in [-0.4, -0.2) is 38.0 Å². The van der Waals surface area contributed by atoms with Gasteiger partial charge < -0.3 is 0 Å². The van der Waals surface area contributed by atoms with Crippen LogP contribution in [0.2, 0.25) is 0 Å². The molecule has 0 amide bonds. The van der Waals surface area contributed by atoms with Crippen LogP contribution in [0.3, 0.4) is 0 Å². The van der Waals surface area contributed by atoms with E-state index in [0.29, 0.717) is 34.9 Å². The topological polar surface area (TPSA) is 77.3 Å². The monoisotopic (exact) mass is 822 g/mol. The molecule has 0 radical (unpaired) electrons. The molecular weight excluding hydrogens is 785 g/mol. The summed E-state index contributed by atoms with van der Waals surface area (Å²) in [6.07, 6.45) is 4.53. The van der Waals surface area contributed by atoms with Crippen molar-refractivity contribution in [2.24, 2.45) is 0 Å². The molecule has 6 nitrogen and oxygen atoms in total. The van der Waals surface area contributed by atoms with Crippen molar-refractivity contribution in [1.29, 1.82) is 0 Å². The highest BCUT2D eigenvalue weighted by molar-refractivity contribution is 7.20. The van der Waals surface area contributed by atoms with Crippen molar-refractivity contribution in [3.8, 4) is 68.3 Å². The van der Waals surface area contributed by atoms with Gasteiger partial charge in [-0.3, -0.25) is 0 Å². The Hall–Kier alpha value is -8.26. The average Bonchev–Trinajstić information content (AvgIpc) is 3.52. The normalized spacial score (nSPS) is 12.5. The molecular formula is C56H38N6Si. The van der Waals surface area contributed by atoms with Gasteiger partial charge in [-0.25, -0.2) is 29.9 Å². The first kappa shape index (κ1) is 37.7. The number of hydrogen-bond donors (Lipinski definition) is 0. The maximum Gasteiger partial charge on any atom is 0.180 e. The van der Waals surface area contributed by atoms with E-state index >= 15 is 0 Å². The van der Waals surface area contributed by atoms with E-state index in [1.54, 1.807) is 0 Å². The van der Waals surface area contributed by atoms with Crippen molar-refractivity contribution in [1.82, 2.24) is 29.9 Å². The zero-order valence-electron chi connectivity index (χ0n) is 34.1. The molecule has 0 N–H and O–H groups in total. The highest BCUT2D eigenvalue weighted by atomic mass is 28.3. The van der Waals surface area contributed by atoms with E-state index < -0.39 is 8.07 Å². The minimum atomic E-state index is -3.17. The van der Waals surface area contributed by atoms with Crippen LogP contribution in [0, 0.1) is 0 Å². The first-order chi connectivity index (χ1) is 31.2. The molecule has 0 atom stereocenters. The van der Waals surface area contributed by atoms with Crippen LogP contribution in [0.1, 0.15) is 11.1 Å². The molecule has 1 aliphatic rings. The second kappa shape index (κ2) is 16.3. The molecule has 7 heteroatoms. The second-order valence-corrected chi connectivity index (χ2v) is 19.2. The lowest BCUT2D eigenvalue weighted by molar-refractivity contribution is 1.07. The number of fused-ring (bicyclic) bond motifs is 2. The van der Waals surface area contributed by atoms with Gasteiger partial charge in [-0.1, -0.05) is 231 Å². The number of nitrogens with zero attached hydrogens (tertiary/aromatic N) is 6. The third-order valence-electron chi connectivity index (χ3n) is 11.7. The Morgan fingerprint density at radius 3 is 0.778 bits per heavy atom.